The van der Waals surface area contributed by atoms with E-state index in [1.54, 1.807) is 31.4 Å². The van der Waals surface area contributed by atoms with E-state index in [2.05, 4.69) is 26.2 Å². The van der Waals surface area contributed by atoms with Crippen LogP contribution in [0.15, 0.2) is 91.6 Å². The van der Waals surface area contributed by atoms with Gasteiger partial charge in [0.1, 0.15) is 5.75 Å². The van der Waals surface area contributed by atoms with Crippen molar-refractivity contribution >= 4 is 31.7 Å². The molecule has 32 heavy (non-hydrogen) atoms. The third-order valence-corrected chi connectivity index (χ3v) is 7.09. The summed E-state index contributed by atoms with van der Waals surface area (Å²) in [6.45, 7) is 2.26. The largest absolute Gasteiger partial charge is 0.497 e. The van der Waals surface area contributed by atoms with Crippen LogP contribution in [0.5, 0.6) is 5.75 Å². The number of benzene rings is 3. The van der Waals surface area contributed by atoms with Crippen molar-refractivity contribution in [3.05, 3.63) is 88.4 Å². The number of aromatic nitrogens is 1. The van der Waals surface area contributed by atoms with Crippen LogP contribution < -0.4 is 10.1 Å². The van der Waals surface area contributed by atoms with Crippen LogP contribution in [0.2, 0.25) is 0 Å². The lowest BCUT2D eigenvalue weighted by Gasteiger charge is -2.07. The smallest absolute Gasteiger partial charge is 0.234 e. The molecular formula is C24H21BrN2O4S. The van der Waals surface area contributed by atoms with Crippen molar-refractivity contribution in [2.45, 2.75) is 23.4 Å². The summed E-state index contributed by atoms with van der Waals surface area (Å²) in [5.74, 6) is 1.06. The predicted molar refractivity (Wildman–Crippen MR) is 127 cm³/mol. The molecule has 0 aliphatic carbocycles. The van der Waals surface area contributed by atoms with Gasteiger partial charge in [0.25, 0.3) is 0 Å². The van der Waals surface area contributed by atoms with Crippen molar-refractivity contribution in [1.29, 1.82) is 0 Å². The normalized spacial score (nSPS) is 11.3. The zero-order valence-electron chi connectivity index (χ0n) is 17.5. The lowest BCUT2D eigenvalue weighted by atomic mass is 10.2. The number of halogens is 1. The van der Waals surface area contributed by atoms with Gasteiger partial charge in [0.05, 0.1) is 12.0 Å². The summed E-state index contributed by atoms with van der Waals surface area (Å²) in [6.07, 6.45) is 0. The molecule has 0 unspecified atom stereocenters. The summed E-state index contributed by atoms with van der Waals surface area (Å²) in [6, 6.07) is 21.5. The van der Waals surface area contributed by atoms with Crippen molar-refractivity contribution in [2.24, 2.45) is 0 Å². The molecular weight excluding hydrogens is 492 g/mol. The number of aryl methyl sites for hydroxylation is 1. The maximum atomic E-state index is 13.4. The monoisotopic (exact) mass is 512 g/mol. The molecule has 1 aromatic heterocycles. The summed E-state index contributed by atoms with van der Waals surface area (Å²) < 4.78 is 38.7. The minimum absolute atomic E-state index is 0.0966. The van der Waals surface area contributed by atoms with E-state index < -0.39 is 9.84 Å². The van der Waals surface area contributed by atoms with Gasteiger partial charge in [-0.3, -0.25) is 0 Å². The van der Waals surface area contributed by atoms with Crippen LogP contribution in [0.3, 0.4) is 0 Å². The van der Waals surface area contributed by atoms with E-state index in [0.29, 0.717) is 12.1 Å². The third kappa shape index (κ3) is 4.71. The van der Waals surface area contributed by atoms with E-state index in [1.165, 1.54) is 0 Å². The highest BCUT2D eigenvalue weighted by Gasteiger charge is 2.28. The van der Waals surface area contributed by atoms with Gasteiger partial charge < -0.3 is 14.5 Å². The van der Waals surface area contributed by atoms with Crippen molar-refractivity contribution in [3.63, 3.8) is 0 Å². The summed E-state index contributed by atoms with van der Waals surface area (Å²) in [5, 5.41) is 2.95. The Morgan fingerprint density at radius 2 is 1.62 bits per heavy atom. The maximum absolute atomic E-state index is 13.4. The molecule has 0 bridgehead atoms. The Kier molecular flexibility index (Phi) is 6.34. The number of anilines is 1. The number of hydrogen-bond donors (Lipinski definition) is 1. The minimum atomic E-state index is -3.89. The molecule has 0 radical (unpaired) electrons. The second-order valence-electron chi connectivity index (χ2n) is 7.18. The van der Waals surface area contributed by atoms with Crippen LogP contribution in [0.4, 0.5) is 5.88 Å². The Morgan fingerprint density at radius 3 is 2.25 bits per heavy atom. The third-order valence-electron chi connectivity index (χ3n) is 4.89. The van der Waals surface area contributed by atoms with E-state index in [0.717, 1.165) is 21.3 Å². The van der Waals surface area contributed by atoms with Gasteiger partial charge in [0.2, 0.25) is 26.6 Å². The molecule has 3 aromatic carbocycles. The first-order valence-electron chi connectivity index (χ1n) is 9.82. The van der Waals surface area contributed by atoms with Crippen LogP contribution in [-0.2, 0) is 16.4 Å². The second-order valence-corrected chi connectivity index (χ2v) is 9.96. The number of methoxy groups -OCH3 is 1. The van der Waals surface area contributed by atoms with E-state index in [-0.39, 0.29) is 21.7 Å². The van der Waals surface area contributed by atoms with Crippen molar-refractivity contribution in [3.8, 4) is 17.2 Å². The predicted octanol–water partition coefficient (Wildman–Crippen LogP) is 5.87. The van der Waals surface area contributed by atoms with Gasteiger partial charge in [-0.1, -0.05) is 45.8 Å². The number of oxazole rings is 1. The summed E-state index contributed by atoms with van der Waals surface area (Å²) in [5.41, 5.74) is 2.58. The van der Waals surface area contributed by atoms with Crippen molar-refractivity contribution in [1.82, 2.24) is 4.98 Å². The highest BCUT2D eigenvalue weighted by atomic mass is 79.9. The first-order valence-corrected chi connectivity index (χ1v) is 12.1. The van der Waals surface area contributed by atoms with Gasteiger partial charge in [-0.25, -0.2) is 8.42 Å². The fraction of sp³-hybridized carbons (Fsp3) is 0.125. The number of rotatable bonds is 7. The molecule has 0 fully saturated rings. The molecule has 0 aliphatic rings. The van der Waals surface area contributed by atoms with E-state index in [4.69, 9.17) is 9.15 Å². The lowest BCUT2D eigenvalue weighted by molar-refractivity contribution is 0.414. The number of hydrogen-bond acceptors (Lipinski definition) is 6. The van der Waals surface area contributed by atoms with E-state index in [1.807, 2.05) is 55.5 Å². The Bertz CT molecular complexity index is 1310. The lowest BCUT2D eigenvalue weighted by Crippen LogP contribution is -2.07. The summed E-state index contributed by atoms with van der Waals surface area (Å²) in [4.78, 5) is 4.53. The molecule has 1 N–H and O–H groups in total. The van der Waals surface area contributed by atoms with Crippen LogP contribution in [0, 0.1) is 6.92 Å². The van der Waals surface area contributed by atoms with Crippen LogP contribution >= 0.6 is 15.9 Å². The highest BCUT2D eigenvalue weighted by Crippen LogP contribution is 2.33. The Labute approximate surface area is 195 Å². The van der Waals surface area contributed by atoms with Gasteiger partial charge in [-0.05, 0) is 61.0 Å². The molecule has 4 aromatic rings. The fourth-order valence-electron chi connectivity index (χ4n) is 3.07. The number of sulfone groups is 1. The van der Waals surface area contributed by atoms with Gasteiger partial charge in [-0.2, -0.15) is 4.98 Å². The second kappa shape index (κ2) is 9.18. The fourth-order valence-corrected chi connectivity index (χ4v) is 4.61. The Morgan fingerprint density at radius 1 is 0.969 bits per heavy atom. The van der Waals surface area contributed by atoms with Gasteiger partial charge in [0.15, 0.2) is 0 Å². The van der Waals surface area contributed by atoms with E-state index in [9.17, 15) is 8.42 Å². The van der Waals surface area contributed by atoms with Gasteiger partial charge >= 0.3 is 0 Å². The standard InChI is InChI=1S/C24H21BrN2O4S/c1-16-3-13-21(14-4-16)32(28,29)24-23(26-15-17-5-11-20(30-2)12-6-17)31-22(27-24)18-7-9-19(25)10-8-18/h3-14,26H,15H2,1-2H3. The maximum Gasteiger partial charge on any atom is 0.234 e. The van der Waals surface area contributed by atoms with Crippen LogP contribution in [0.1, 0.15) is 11.1 Å². The van der Waals surface area contributed by atoms with E-state index >= 15 is 0 Å². The zero-order valence-corrected chi connectivity index (χ0v) is 19.9. The molecule has 4 rings (SSSR count). The molecule has 1 heterocycles. The van der Waals surface area contributed by atoms with Crippen molar-refractivity contribution in [2.75, 3.05) is 12.4 Å². The molecule has 0 saturated carbocycles. The molecule has 164 valence electrons. The first kappa shape index (κ1) is 22.1. The molecule has 0 spiro atoms. The minimum Gasteiger partial charge on any atom is -0.497 e. The molecule has 8 heteroatoms. The molecule has 0 atom stereocenters. The topological polar surface area (TPSA) is 81.4 Å². The Hall–Kier alpha value is -3.10. The average Bonchev–Trinajstić information content (AvgIpc) is 3.24. The van der Waals surface area contributed by atoms with Crippen LogP contribution in [0.25, 0.3) is 11.5 Å². The quantitative estimate of drug-likeness (QED) is 0.333. The summed E-state index contributed by atoms with van der Waals surface area (Å²) in [7, 11) is -2.29. The van der Waals surface area contributed by atoms with Crippen LogP contribution in [-0.4, -0.2) is 20.5 Å². The SMILES string of the molecule is COc1ccc(CNc2oc(-c3ccc(Br)cc3)nc2S(=O)(=O)c2ccc(C)cc2)cc1. The van der Waals surface area contributed by atoms with Gasteiger partial charge in [-0.15, -0.1) is 0 Å². The molecule has 0 amide bonds. The van der Waals surface area contributed by atoms with Gasteiger partial charge in [0, 0.05) is 16.6 Å². The Balaban J connectivity index is 1.72. The van der Waals surface area contributed by atoms with Crippen molar-refractivity contribution < 1.29 is 17.6 Å². The molecule has 6 nitrogen and oxygen atoms in total. The highest BCUT2D eigenvalue weighted by molar-refractivity contribution is 9.10. The zero-order chi connectivity index (χ0) is 22.7. The average molecular weight is 513 g/mol. The number of nitrogens with one attached hydrogen (secondary N) is 1. The number of ether oxygens (including phenoxy) is 1. The first-order chi connectivity index (χ1) is 15.4. The molecule has 0 saturated heterocycles. The summed E-state index contributed by atoms with van der Waals surface area (Å²) >= 11 is 3.40. The molecule has 0 aliphatic heterocycles. The number of nitrogens with zero attached hydrogens (tertiary/aromatic N) is 1.